The number of unbranched alkanes of at least 4 members (excludes halogenated alkanes) is 2. The second kappa shape index (κ2) is 10.7. The summed E-state index contributed by atoms with van der Waals surface area (Å²) in [7, 11) is 0. The Balaban J connectivity index is 1.42. The summed E-state index contributed by atoms with van der Waals surface area (Å²) in [5.41, 5.74) is -0.368. The average molecular weight is 540 g/mol. The topological polar surface area (TPSA) is 108 Å². The fraction of sp³-hybridized carbons (Fsp3) is 0.483. The summed E-state index contributed by atoms with van der Waals surface area (Å²) in [5.74, 6) is -2.21. The Morgan fingerprint density at radius 2 is 1.79 bits per heavy atom. The van der Waals surface area contributed by atoms with Gasteiger partial charge in [0, 0.05) is 30.4 Å². The summed E-state index contributed by atoms with van der Waals surface area (Å²) in [5, 5.41) is 15.7. The van der Waals surface area contributed by atoms with Crippen molar-refractivity contribution in [2.45, 2.75) is 62.8 Å². The normalized spacial score (nSPS) is 29.4. The van der Waals surface area contributed by atoms with Crippen molar-refractivity contribution < 1.29 is 24.2 Å². The maximum atomic E-state index is 14.0. The Morgan fingerprint density at radius 1 is 1.05 bits per heavy atom. The first-order valence-electron chi connectivity index (χ1n) is 13.3. The van der Waals surface area contributed by atoms with Crippen LogP contribution < -0.4 is 10.6 Å². The predicted molar refractivity (Wildman–Crippen MR) is 143 cm³/mol. The van der Waals surface area contributed by atoms with Crippen LogP contribution >= 0.6 is 11.6 Å². The maximum absolute atomic E-state index is 14.0. The van der Waals surface area contributed by atoms with Gasteiger partial charge in [-0.3, -0.25) is 14.4 Å². The van der Waals surface area contributed by atoms with Gasteiger partial charge in [-0.05, 0) is 68.9 Å². The molecule has 2 aromatic carbocycles. The first-order chi connectivity index (χ1) is 18.3. The van der Waals surface area contributed by atoms with Gasteiger partial charge in [-0.15, -0.1) is 0 Å². The quantitative estimate of drug-likeness (QED) is 0.400. The first kappa shape index (κ1) is 26.7. The van der Waals surface area contributed by atoms with E-state index in [9.17, 15) is 19.5 Å². The molecule has 0 aliphatic carbocycles. The highest BCUT2D eigenvalue weighted by Gasteiger charge is 2.77. The number of fused-ring (bicyclic) bond motifs is 1. The van der Waals surface area contributed by atoms with E-state index in [2.05, 4.69) is 10.6 Å². The third kappa shape index (κ3) is 4.70. The van der Waals surface area contributed by atoms with Crippen LogP contribution in [0.4, 0.5) is 5.69 Å². The van der Waals surface area contributed by atoms with Gasteiger partial charge in [0.05, 0.1) is 17.4 Å². The minimum atomic E-state index is -1.08. The van der Waals surface area contributed by atoms with Gasteiger partial charge in [0.15, 0.2) is 0 Å². The zero-order valence-electron chi connectivity index (χ0n) is 21.5. The van der Waals surface area contributed by atoms with Crippen LogP contribution in [0.3, 0.4) is 0 Å². The number of nitrogens with one attached hydrogen (secondary N) is 2. The lowest BCUT2D eigenvalue weighted by atomic mass is 9.66. The number of ether oxygens (including phenoxy) is 1. The molecule has 2 bridgehead atoms. The van der Waals surface area contributed by atoms with Crippen molar-refractivity contribution in [3.63, 3.8) is 0 Å². The van der Waals surface area contributed by atoms with Gasteiger partial charge in [0.2, 0.25) is 17.7 Å². The van der Waals surface area contributed by atoms with Crippen LogP contribution in [0, 0.1) is 11.8 Å². The number of halogens is 1. The largest absolute Gasteiger partial charge is 0.396 e. The predicted octanol–water partition coefficient (Wildman–Crippen LogP) is 3.52. The van der Waals surface area contributed by atoms with Crippen molar-refractivity contribution in [2.24, 2.45) is 11.8 Å². The van der Waals surface area contributed by atoms with Crippen LogP contribution in [0.15, 0.2) is 54.6 Å². The number of hydrogen-bond donors (Lipinski definition) is 3. The summed E-state index contributed by atoms with van der Waals surface area (Å²) in [6, 6.07) is 15.6. The molecule has 202 valence electrons. The summed E-state index contributed by atoms with van der Waals surface area (Å²) in [6.45, 7) is 2.67. The Morgan fingerprint density at radius 3 is 2.50 bits per heavy atom. The Labute approximate surface area is 227 Å². The molecule has 2 unspecified atom stereocenters. The lowest BCUT2D eigenvalue weighted by molar-refractivity contribution is -0.144. The molecular formula is C29H34ClN3O5. The van der Waals surface area contributed by atoms with E-state index in [0.717, 1.165) is 12.0 Å². The molecule has 9 heteroatoms. The summed E-state index contributed by atoms with van der Waals surface area (Å²) in [4.78, 5) is 43.0. The molecule has 3 fully saturated rings. The molecule has 8 nitrogen and oxygen atoms in total. The fourth-order valence-electron chi connectivity index (χ4n) is 6.58. The summed E-state index contributed by atoms with van der Waals surface area (Å²) >= 11 is 6.01. The highest BCUT2D eigenvalue weighted by atomic mass is 35.5. The first-order valence-corrected chi connectivity index (χ1v) is 13.7. The molecule has 1 spiro atoms. The van der Waals surface area contributed by atoms with Crippen molar-refractivity contribution >= 4 is 35.0 Å². The van der Waals surface area contributed by atoms with E-state index >= 15 is 0 Å². The van der Waals surface area contributed by atoms with E-state index in [1.807, 2.05) is 37.3 Å². The van der Waals surface area contributed by atoms with Crippen LogP contribution in [0.2, 0.25) is 5.02 Å². The zero-order valence-corrected chi connectivity index (χ0v) is 22.2. The number of carbonyl (C=O) groups excluding carboxylic acids is 3. The van der Waals surface area contributed by atoms with Gasteiger partial charge >= 0.3 is 0 Å². The van der Waals surface area contributed by atoms with Gasteiger partial charge in [0.1, 0.15) is 11.6 Å². The number of amides is 3. The number of carbonyl (C=O) groups is 3. The number of aliphatic hydroxyl groups excluding tert-OH is 1. The number of benzene rings is 2. The lowest BCUT2D eigenvalue weighted by Gasteiger charge is -2.33. The van der Waals surface area contributed by atoms with Crippen molar-refractivity contribution in [2.75, 3.05) is 18.5 Å². The summed E-state index contributed by atoms with van der Waals surface area (Å²) in [6.07, 6.45) is 3.10. The Kier molecular flexibility index (Phi) is 7.49. The molecule has 38 heavy (non-hydrogen) atoms. The molecule has 3 N–H and O–H groups in total. The minimum Gasteiger partial charge on any atom is -0.396 e. The van der Waals surface area contributed by atoms with Crippen molar-refractivity contribution in [1.29, 1.82) is 0 Å². The van der Waals surface area contributed by atoms with E-state index in [-0.39, 0.29) is 24.3 Å². The summed E-state index contributed by atoms with van der Waals surface area (Å²) < 4.78 is 6.63. The van der Waals surface area contributed by atoms with Crippen molar-refractivity contribution in [3.8, 4) is 0 Å². The third-order valence-corrected chi connectivity index (χ3v) is 8.54. The highest BCUT2D eigenvalue weighted by molar-refractivity contribution is 6.30. The fourth-order valence-corrected chi connectivity index (χ4v) is 6.70. The molecule has 0 saturated carbocycles. The van der Waals surface area contributed by atoms with Crippen LogP contribution in [-0.4, -0.2) is 58.1 Å². The number of aliphatic hydroxyl groups is 1. The standard InChI is InChI=1S/C29H34ClN3O5/c1-28-14-15-29(38-28)23(22(28)25(35)31-18-19-8-4-2-5-9-19)27(37)33(16-6-3-7-17-34)24(29)26(36)32-21-12-10-20(30)11-13-21/h2,4-5,8-13,22-24,34H,3,6-7,14-18H2,1H3,(H,31,35)(H,32,36)/t22-,23-,24?,28+,29?/m0/s1. The molecule has 3 amide bonds. The maximum Gasteiger partial charge on any atom is 0.250 e. The minimum absolute atomic E-state index is 0.0755. The Bertz CT molecular complexity index is 1190. The van der Waals surface area contributed by atoms with Crippen LogP contribution in [0.1, 0.15) is 44.6 Å². The van der Waals surface area contributed by atoms with E-state index in [0.29, 0.717) is 49.5 Å². The van der Waals surface area contributed by atoms with Gasteiger partial charge in [-0.1, -0.05) is 41.9 Å². The van der Waals surface area contributed by atoms with Gasteiger partial charge < -0.3 is 25.4 Å². The van der Waals surface area contributed by atoms with Crippen LogP contribution in [0.5, 0.6) is 0 Å². The molecule has 5 rings (SSSR count). The number of nitrogens with zero attached hydrogens (tertiary/aromatic N) is 1. The van der Waals surface area contributed by atoms with Crippen LogP contribution in [0.25, 0.3) is 0 Å². The molecule has 3 saturated heterocycles. The van der Waals surface area contributed by atoms with Gasteiger partial charge in [-0.2, -0.15) is 0 Å². The van der Waals surface area contributed by atoms with E-state index in [4.69, 9.17) is 16.3 Å². The monoisotopic (exact) mass is 539 g/mol. The molecule has 0 aromatic heterocycles. The van der Waals surface area contributed by atoms with Gasteiger partial charge in [0.25, 0.3) is 0 Å². The smallest absolute Gasteiger partial charge is 0.250 e. The SMILES string of the molecule is C[C@]12CCC3(O1)C(C(=O)Nc1ccc(Cl)cc1)N(CCCCCO)C(=O)[C@@H]3[C@H]2C(=O)NCc1ccccc1. The highest BCUT2D eigenvalue weighted by Crippen LogP contribution is 2.63. The number of likely N-dealkylation sites (tertiary alicyclic amines) is 1. The van der Waals surface area contributed by atoms with E-state index < -0.39 is 29.1 Å². The van der Waals surface area contributed by atoms with E-state index in [1.54, 1.807) is 29.2 Å². The average Bonchev–Trinajstić information content (AvgIpc) is 3.48. The molecule has 3 heterocycles. The van der Waals surface area contributed by atoms with Gasteiger partial charge in [-0.25, -0.2) is 0 Å². The van der Waals surface area contributed by atoms with E-state index in [1.165, 1.54) is 0 Å². The van der Waals surface area contributed by atoms with Crippen molar-refractivity contribution in [1.82, 2.24) is 10.2 Å². The van der Waals surface area contributed by atoms with Crippen LogP contribution in [-0.2, 0) is 25.7 Å². The molecule has 2 aromatic rings. The Hall–Kier alpha value is -2.94. The lowest BCUT2D eigenvalue weighted by Crippen LogP contribution is -2.53. The molecule has 3 aliphatic rings. The van der Waals surface area contributed by atoms with Crippen molar-refractivity contribution in [3.05, 3.63) is 65.2 Å². The molecule has 3 aliphatic heterocycles. The third-order valence-electron chi connectivity index (χ3n) is 8.29. The number of hydrogen-bond acceptors (Lipinski definition) is 5. The second-order valence-corrected chi connectivity index (χ2v) is 11.2. The second-order valence-electron chi connectivity index (χ2n) is 10.7. The molecule has 0 radical (unpaired) electrons. The zero-order chi connectivity index (χ0) is 26.9. The molecular weight excluding hydrogens is 506 g/mol. The molecule has 5 atom stereocenters. The number of anilines is 1. The number of rotatable bonds is 10.